The zero-order valence-corrected chi connectivity index (χ0v) is 21.2. The number of aromatic nitrogens is 4. The number of fused-ring (bicyclic) bond motifs is 1. The molecule has 4 rings (SSSR count). The van der Waals surface area contributed by atoms with Crippen LogP contribution in [0.25, 0.3) is 11.0 Å². The second kappa shape index (κ2) is 9.33. The smallest absolute Gasteiger partial charge is 0.410 e. The minimum absolute atomic E-state index is 0.0210. The van der Waals surface area contributed by atoms with Crippen molar-refractivity contribution in [1.29, 1.82) is 0 Å². The molecule has 0 spiro atoms. The Bertz CT molecular complexity index is 1320. The van der Waals surface area contributed by atoms with Crippen molar-refractivity contribution in [3.8, 4) is 17.6 Å². The summed E-state index contributed by atoms with van der Waals surface area (Å²) in [6, 6.07) is 6.21. The molecule has 1 amide bonds. The maximum absolute atomic E-state index is 12.4. The van der Waals surface area contributed by atoms with Crippen LogP contribution in [-0.2, 0) is 14.6 Å². The van der Waals surface area contributed by atoms with Crippen LogP contribution < -0.4 is 9.47 Å². The summed E-state index contributed by atoms with van der Waals surface area (Å²) in [6.45, 7) is 6.62. The number of rotatable bonds is 5. The summed E-state index contributed by atoms with van der Waals surface area (Å²) in [6.07, 6.45) is 3.84. The highest BCUT2D eigenvalue weighted by molar-refractivity contribution is 7.90. The SMILES string of the molecule is COc1nc(Oc2ccc(S(C)(=O)=O)cc2)c2cnn(C3CCN(C(=O)OC(C)(C)C)CC3)c2n1. The zero-order valence-electron chi connectivity index (χ0n) is 20.4. The van der Waals surface area contributed by atoms with Crippen molar-refractivity contribution in [2.75, 3.05) is 26.5 Å². The lowest BCUT2D eigenvalue weighted by molar-refractivity contribution is 0.0186. The molecule has 0 bridgehead atoms. The van der Waals surface area contributed by atoms with Gasteiger partial charge in [0.25, 0.3) is 0 Å². The number of hydrogen-bond acceptors (Lipinski definition) is 9. The lowest BCUT2D eigenvalue weighted by Crippen LogP contribution is -2.42. The third-order valence-corrected chi connectivity index (χ3v) is 6.64. The van der Waals surface area contributed by atoms with Gasteiger partial charge in [-0.1, -0.05) is 0 Å². The highest BCUT2D eigenvalue weighted by Crippen LogP contribution is 2.33. The zero-order chi connectivity index (χ0) is 25.4. The Labute approximate surface area is 203 Å². The summed E-state index contributed by atoms with van der Waals surface area (Å²) < 4.78 is 41.9. The molecule has 2 aromatic heterocycles. The quantitative estimate of drug-likeness (QED) is 0.513. The fourth-order valence-electron chi connectivity index (χ4n) is 3.80. The Balaban J connectivity index is 1.56. The summed E-state index contributed by atoms with van der Waals surface area (Å²) >= 11 is 0. The second-order valence-corrected chi connectivity index (χ2v) is 11.4. The first-order valence-electron chi connectivity index (χ1n) is 11.2. The molecule has 0 unspecified atom stereocenters. The van der Waals surface area contributed by atoms with Crippen molar-refractivity contribution in [1.82, 2.24) is 24.6 Å². The van der Waals surface area contributed by atoms with E-state index in [0.717, 1.165) is 6.26 Å². The van der Waals surface area contributed by atoms with Crippen LogP contribution in [0, 0.1) is 0 Å². The Morgan fingerprint density at radius 1 is 1.09 bits per heavy atom. The van der Waals surface area contributed by atoms with Crippen LogP contribution in [-0.4, -0.2) is 71.2 Å². The number of likely N-dealkylation sites (tertiary alicyclic amines) is 1. The van der Waals surface area contributed by atoms with E-state index < -0.39 is 15.4 Å². The van der Waals surface area contributed by atoms with Gasteiger partial charge in [-0.3, -0.25) is 0 Å². The van der Waals surface area contributed by atoms with Crippen molar-refractivity contribution >= 4 is 27.0 Å². The molecule has 1 aromatic carbocycles. The normalized spacial score (nSPS) is 15.3. The molecule has 12 heteroatoms. The van der Waals surface area contributed by atoms with E-state index in [1.165, 1.54) is 19.2 Å². The molecule has 1 saturated heterocycles. The second-order valence-electron chi connectivity index (χ2n) is 9.39. The largest absolute Gasteiger partial charge is 0.467 e. The molecule has 1 aliphatic heterocycles. The van der Waals surface area contributed by atoms with E-state index in [0.29, 0.717) is 42.7 Å². The van der Waals surface area contributed by atoms with Gasteiger partial charge in [0.2, 0.25) is 5.88 Å². The molecule has 3 aromatic rings. The number of sulfone groups is 1. The van der Waals surface area contributed by atoms with Gasteiger partial charge in [0, 0.05) is 19.3 Å². The summed E-state index contributed by atoms with van der Waals surface area (Å²) in [5.41, 5.74) is 0.0107. The van der Waals surface area contributed by atoms with Crippen LogP contribution in [0.2, 0.25) is 0 Å². The number of amides is 1. The molecular formula is C23H29N5O6S. The van der Waals surface area contributed by atoms with E-state index >= 15 is 0 Å². The fraction of sp³-hybridized carbons (Fsp3) is 0.478. The number of carbonyl (C=O) groups excluding carboxylic acids is 1. The predicted molar refractivity (Wildman–Crippen MR) is 128 cm³/mol. The lowest BCUT2D eigenvalue weighted by Gasteiger charge is -2.33. The monoisotopic (exact) mass is 503 g/mol. The summed E-state index contributed by atoms with van der Waals surface area (Å²) in [7, 11) is -1.85. The molecule has 0 N–H and O–H groups in total. The number of carbonyl (C=O) groups is 1. The maximum atomic E-state index is 12.4. The third kappa shape index (κ3) is 5.64. The minimum atomic E-state index is -3.31. The van der Waals surface area contributed by atoms with Crippen LogP contribution in [0.15, 0.2) is 35.4 Å². The fourth-order valence-corrected chi connectivity index (χ4v) is 4.43. The molecular weight excluding hydrogens is 474 g/mol. The van der Waals surface area contributed by atoms with E-state index in [1.807, 2.05) is 25.5 Å². The first-order valence-corrected chi connectivity index (χ1v) is 13.1. The first kappa shape index (κ1) is 24.7. The van der Waals surface area contributed by atoms with E-state index in [9.17, 15) is 13.2 Å². The van der Waals surface area contributed by atoms with Crippen LogP contribution in [0.4, 0.5) is 4.79 Å². The Kier molecular flexibility index (Phi) is 6.58. The van der Waals surface area contributed by atoms with Crippen LogP contribution >= 0.6 is 0 Å². The number of methoxy groups -OCH3 is 1. The van der Waals surface area contributed by atoms with E-state index in [4.69, 9.17) is 14.2 Å². The number of piperidine rings is 1. The average molecular weight is 504 g/mol. The molecule has 1 fully saturated rings. The summed E-state index contributed by atoms with van der Waals surface area (Å²) in [5.74, 6) is 0.661. The molecule has 11 nitrogen and oxygen atoms in total. The summed E-state index contributed by atoms with van der Waals surface area (Å²) in [4.78, 5) is 23.1. The van der Waals surface area contributed by atoms with Gasteiger partial charge in [0.05, 0.1) is 24.2 Å². The Hall–Kier alpha value is -3.41. The van der Waals surface area contributed by atoms with E-state index in [2.05, 4.69) is 15.1 Å². The first-order chi connectivity index (χ1) is 16.4. The number of nitrogens with zero attached hydrogens (tertiary/aromatic N) is 5. The van der Waals surface area contributed by atoms with Gasteiger partial charge < -0.3 is 19.1 Å². The topological polar surface area (TPSA) is 126 Å². The highest BCUT2D eigenvalue weighted by atomic mass is 32.2. The van der Waals surface area contributed by atoms with Crippen LogP contribution in [0.3, 0.4) is 0 Å². The molecule has 0 atom stereocenters. The van der Waals surface area contributed by atoms with Crippen molar-refractivity contribution in [2.45, 2.75) is 50.2 Å². The van der Waals surface area contributed by atoms with Crippen molar-refractivity contribution < 1.29 is 27.4 Å². The van der Waals surface area contributed by atoms with Crippen molar-refractivity contribution in [2.24, 2.45) is 0 Å². The van der Waals surface area contributed by atoms with Gasteiger partial charge in [-0.2, -0.15) is 15.1 Å². The standard InChI is InChI=1S/C23H29N5O6S/c1-23(2,3)34-22(29)27-12-10-15(11-13-27)28-19-18(14-24-28)20(26-21(25-19)32-4)33-16-6-8-17(9-7-16)35(5,30)31/h6-9,14-15H,10-13H2,1-5H3. The van der Waals surface area contributed by atoms with Gasteiger partial charge in [0.1, 0.15) is 16.7 Å². The lowest BCUT2D eigenvalue weighted by atomic mass is 10.1. The summed E-state index contributed by atoms with van der Waals surface area (Å²) in [5, 5.41) is 5.13. The molecule has 188 valence electrons. The van der Waals surface area contributed by atoms with E-state index in [1.54, 1.807) is 23.2 Å². The van der Waals surface area contributed by atoms with Gasteiger partial charge in [-0.15, -0.1) is 0 Å². The van der Waals surface area contributed by atoms with Crippen LogP contribution in [0.5, 0.6) is 17.6 Å². The number of ether oxygens (including phenoxy) is 3. The third-order valence-electron chi connectivity index (χ3n) is 5.51. The molecule has 3 heterocycles. The number of hydrogen-bond donors (Lipinski definition) is 0. The molecule has 35 heavy (non-hydrogen) atoms. The predicted octanol–water partition coefficient (Wildman–Crippen LogP) is 3.60. The number of benzene rings is 1. The van der Waals surface area contributed by atoms with E-state index in [-0.39, 0.29) is 28.9 Å². The van der Waals surface area contributed by atoms with Gasteiger partial charge >= 0.3 is 12.1 Å². The van der Waals surface area contributed by atoms with Crippen LogP contribution in [0.1, 0.15) is 39.7 Å². The van der Waals surface area contributed by atoms with Crippen molar-refractivity contribution in [3.05, 3.63) is 30.5 Å². The Morgan fingerprint density at radius 3 is 2.31 bits per heavy atom. The maximum Gasteiger partial charge on any atom is 0.410 e. The Morgan fingerprint density at radius 2 is 1.74 bits per heavy atom. The minimum Gasteiger partial charge on any atom is -0.467 e. The van der Waals surface area contributed by atoms with Gasteiger partial charge in [-0.25, -0.2) is 17.9 Å². The highest BCUT2D eigenvalue weighted by Gasteiger charge is 2.29. The molecule has 0 aliphatic carbocycles. The average Bonchev–Trinajstić information content (AvgIpc) is 3.22. The molecule has 1 aliphatic rings. The van der Waals surface area contributed by atoms with Gasteiger partial charge in [-0.05, 0) is 57.9 Å². The van der Waals surface area contributed by atoms with Crippen molar-refractivity contribution in [3.63, 3.8) is 0 Å². The van der Waals surface area contributed by atoms with Gasteiger partial charge in [0.15, 0.2) is 15.5 Å². The molecule has 0 saturated carbocycles. The molecule has 0 radical (unpaired) electrons.